The van der Waals surface area contributed by atoms with Crippen LogP contribution in [0.5, 0.6) is 17.2 Å². The van der Waals surface area contributed by atoms with Crippen LogP contribution in [-0.2, 0) is 0 Å². The summed E-state index contributed by atoms with van der Waals surface area (Å²) in [5.41, 5.74) is 1.23. The molecule has 2 aromatic carbocycles. The normalized spacial score (nSPS) is 10.7. The molecule has 2 rings (SSSR count). The number of carbonyl (C=O) groups is 1. The molecule has 0 aliphatic heterocycles. The molecule has 0 aromatic heterocycles. The van der Waals surface area contributed by atoms with Crippen molar-refractivity contribution in [3.63, 3.8) is 0 Å². The number of rotatable bonds is 5. The first-order valence-corrected chi connectivity index (χ1v) is 7.25. The van der Waals surface area contributed by atoms with E-state index in [1.807, 2.05) is 18.2 Å². The van der Waals surface area contributed by atoms with Crippen LogP contribution in [0.15, 0.2) is 48.5 Å². The summed E-state index contributed by atoms with van der Waals surface area (Å²) in [5, 5.41) is 19.0. The SMILES string of the molecule is O=C(/C=C/c1cccc(OCBr)c1)c1cc(O)ccc1O. The van der Waals surface area contributed by atoms with Crippen molar-refractivity contribution in [1.29, 1.82) is 0 Å². The number of hydrogen-bond donors (Lipinski definition) is 2. The molecule has 5 heteroatoms. The van der Waals surface area contributed by atoms with E-state index in [2.05, 4.69) is 15.9 Å². The van der Waals surface area contributed by atoms with Gasteiger partial charge in [-0.05, 0) is 57.9 Å². The second kappa shape index (κ2) is 6.95. The molecule has 0 aliphatic rings. The van der Waals surface area contributed by atoms with Gasteiger partial charge < -0.3 is 14.9 Å². The Morgan fingerprint density at radius 1 is 1.19 bits per heavy atom. The second-order valence-electron chi connectivity index (χ2n) is 4.22. The van der Waals surface area contributed by atoms with E-state index in [-0.39, 0.29) is 17.1 Å². The molecule has 2 aromatic rings. The fraction of sp³-hybridized carbons (Fsp3) is 0.0625. The molecule has 0 spiro atoms. The number of benzene rings is 2. The van der Waals surface area contributed by atoms with Gasteiger partial charge in [0.25, 0.3) is 0 Å². The van der Waals surface area contributed by atoms with Crippen LogP contribution in [0.2, 0.25) is 0 Å². The lowest BCUT2D eigenvalue weighted by Crippen LogP contribution is -1.94. The predicted octanol–water partition coefficient (Wildman–Crippen LogP) is 3.73. The van der Waals surface area contributed by atoms with Gasteiger partial charge in [0.2, 0.25) is 0 Å². The van der Waals surface area contributed by atoms with Gasteiger partial charge in [0.15, 0.2) is 5.78 Å². The number of allylic oxidation sites excluding steroid dienone is 1. The Morgan fingerprint density at radius 3 is 2.76 bits per heavy atom. The van der Waals surface area contributed by atoms with Crippen molar-refractivity contribution in [2.24, 2.45) is 0 Å². The highest BCUT2D eigenvalue weighted by atomic mass is 79.9. The highest BCUT2D eigenvalue weighted by molar-refractivity contribution is 9.09. The van der Waals surface area contributed by atoms with Crippen LogP contribution in [-0.4, -0.2) is 21.5 Å². The maximum atomic E-state index is 12.0. The Morgan fingerprint density at radius 2 is 2.00 bits per heavy atom. The monoisotopic (exact) mass is 348 g/mol. The van der Waals surface area contributed by atoms with Gasteiger partial charge in [0.1, 0.15) is 22.8 Å². The summed E-state index contributed by atoms with van der Waals surface area (Å²) in [4.78, 5) is 12.0. The molecular formula is C16H13BrO4. The van der Waals surface area contributed by atoms with Gasteiger partial charge in [-0.1, -0.05) is 18.2 Å². The highest BCUT2D eigenvalue weighted by Crippen LogP contribution is 2.23. The van der Waals surface area contributed by atoms with E-state index < -0.39 is 5.78 Å². The average Bonchev–Trinajstić information content (AvgIpc) is 2.48. The van der Waals surface area contributed by atoms with E-state index in [1.54, 1.807) is 12.1 Å². The molecule has 0 unspecified atom stereocenters. The van der Waals surface area contributed by atoms with Crippen molar-refractivity contribution in [3.05, 3.63) is 59.7 Å². The largest absolute Gasteiger partial charge is 0.508 e. The molecule has 0 bridgehead atoms. The van der Waals surface area contributed by atoms with Gasteiger partial charge in [-0.3, -0.25) is 4.79 Å². The number of ketones is 1. The number of halogens is 1. The molecule has 0 radical (unpaired) electrons. The Bertz CT molecular complexity index is 680. The van der Waals surface area contributed by atoms with Crippen LogP contribution in [0.3, 0.4) is 0 Å². The molecule has 0 heterocycles. The molecular weight excluding hydrogens is 336 g/mol. The summed E-state index contributed by atoms with van der Waals surface area (Å²) < 4.78 is 5.30. The third-order valence-corrected chi connectivity index (χ3v) is 2.98. The van der Waals surface area contributed by atoms with Crippen LogP contribution in [0, 0.1) is 0 Å². The molecule has 0 amide bonds. The van der Waals surface area contributed by atoms with E-state index in [4.69, 9.17) is 4.74 Å². The molecule has 0 atom stereocenters. The lowest BCUT2D eigenvalue weighted by molar-refractivity contribution is 0.104. The summed E-state index contributed by atoms with van der Waals surface area (Å²) in [6.07, 6.45) is 2.95. The minimum Gasteiger partial charge on any atom is -0.508 e. The number of carbonyl (C=O) groups excluding carboxylic acids is 1. The van der Waals surface area contributed by atoms with E-state index in [1.165, 1.54) is 24.3 Å². The molecule has 21 heavy (non-hydrogen) atoms. The molecule has 0 saturated carbocycles. The molecule has 4 nitrogen and oxygen atoms in total. The number of phenolic OH excluding ortho intramolecular Hbond substituents is 2. The number of phenols is 2. The van der Waals surface area contributed by atoms with Crippen LogP contribution in [0.4, 0.5) is 0 Å². The van der Waals surface area contributed by atoms with Crippen LogP contribution in [0.1, 0.15) is 15.9 Å². The molecule has 2 N–H and O–H groups in total. The van der Waals surface area contributed by atoms with Crippen molar-refractivity contribution in [2.45, 2.75) is 0 Å². The maximum Gasteiger partial charge on any atom is 0.189 e. The van der Waals surface area contributed by atoms with Crippen molar-refractivity contribution < 1.29 is 19.7 Å². The summed E-state index contributed by atoms with van der Waals surface area (Å²) in [6.45, 7) is 0. The zero-order valence-electron chi connectivity index (χ0n) is 11.0. The zero-order chi connectivity index (χ0) is 15.2. The first-order valence-electron chi connectivity index (χ1n) is 6.13. The second-order valence-corrected chi connectivity index (χ2v) is 4.68. The first-order chi connectivity index (χ1) is 10.1. The maximum absolute atomic E-state index is 12.0. The number of ether oxygens (including phenoxy) is 1. The van der Waals surface area contributed by atoms with Gasteiger partial charge in [-0.15, -0.1) is 0 Å². The minimum absolute atomic E-state index is 0.0547. The first kappa shape index (κ1) is 15.1. The van der Waals surface area contributed by atoms with Crippen molar-refractivity contribution in [2.75, 3.05) is 5.52 Å². The van der Waals surface area contributed by atoms with Crippen molar-refractivity contribution >= 4 is 27.8 Å². The average molecular weight is 349 g/mol. The number of aromatic hydroxyl groups is 2. The van der Waals surface area contributed by atoms with Gasteiger partial charge >= 0.3 is 0 Å². The van der Waals surface area contributed by atoms with Gasteiger partial charge in [-0.25, -0.2) is 0 Å². The lowest BCUT2D eigenvalue weighted by atomic mass is 10.1. The fourth-order valence-electron chi connectivity index (χ4n) is 1.75. The Kier molecular flexibility index (Phi) is 5.00. The Hall–Kier alpha value is -2.27. The van der Waals surface area contributed by atoms with E-state index in [0.29, 0.717) is 11.3 Å². The van der Waals surface area contributed by atoms with Gasteiger partial charge in [0.05, 0.1) is 5.56 Å². The Balaban J connectivity index is 2.18. The quantitative estimate of drug-likeness (QED) is 0.374. The molecule has 0 saturated heterocycles. The highest BCUT2D eigenvalue weighted by Gasteiger charge is 2.09. The van der Waals surface area contributed by atoms with E-state index in [9.17, 15) is 15.0 Å². The summed E-state index contributed by atoms with van der Waals surface area (Å²) in [6, 6.07) is 11.1. The topological polar surface area (TPSA) is 66.8 Å². The Labute approximate surface area is 130 Å². The van der Waals surface area contributed by atoms with Gasteiger partial charge in [0, 0.05) is 0 Å². The van der Waals surface area contributed by atoms with Crippen LogP contribution >= 0.6 is 15.9 Å². The smallest absolute Gasteiger partial charge is 0.189 e. The van der Waals surface area contributed by atoms with E-state index in [0.717, 1.165) is 5.56 Å². The third-order valence-electron chi connectivity index (χ3n) is 2.75. The molecule has 108 valence electrons. The molecule has 0 aliphatic carbocycles. The lowest BCUT2D eigenvalue weighted by Gasteiger charge is -2.03. The number of hydrogen-bond acceptors (Lipinski definition) is 4. The molecule has 0 fully saturated rings. The summed E-state index contributed by atoms with van der Waals surface area (Å²) in [7, 11) is 0. The fourth-order valence-corrected chi connectivity index (χ4v) is 2.02. The minimum atomic E-state index is -0.393. The van der Waals surface area contributed by atoms with Crippen LogP contribution < -0.4 is 4.74 Å². The van der Waals surface area contributed by atoms with E-state index >= 15 is 0 Å². The third kappa shape index (κ3) is 4.10. The zero-order valence-corrected chi connectivity index (χ0v) is 12.6. The summed E-state index contributed by atoms with van der Waals surface area (Å²) in [5.74, 6) is 0.0491. The number of alkyl halides is 1. The van der Waals surface area contributed by atoms with Crippen molar-refractivity contribution in [3.8, 4) is 17.2 Å². The predicted molar refractivity (Wildman–Crippen MR) is 84.0 cm³/mol. The van der Waals surface area contributed by atoms with Crippen LogP contribution in [0.25, 0.3) is 6.08 Å². The van der Waals surface area contributed by atoms with Crippen molar-refractivity contribution in [1.82, 2.24) is 0 Å². The van der Waals surface area contributed by atoms with Gasteiger partial charge in [-0.2, -0.15) is 0 Å². The summed E-state index contributed by atoms with van der Waals surface area (Å²) >= 11 is 3.17. The standard InChI is InChI=1S/C16H13BrO4/c17-10-21-13-3-1-2-11(8-13)4-6-15(19)14-9-12(18)5-7-16(14)20/h1-9,18,20H,10H2/b6-4+.